The van der Waals surface area contributed by atoms with Crippen LogP contribution in [0.1, 0.15) is 48.0 Å². The second kappa shape index (κ2) is 12.8. The summed E-state index contributed by atoms with van der Waals surface area (Å²) in [6.45, 7) is 15.1. The van der Waals surface area contributed by atoms with Crippen molar-refractivity contribution in [3.63, 3.8) is 0 Å². The summed E-state index contributed by atoms with van der Waals surface area (Å²) in [5.41, 5.74) is -0.467. The maximum atomic E-state index is 12.1. The molecule has 0 aliphatic rings. The van der Waals surface area contributed by atoms with Gasteiger partial charge >= 0.3 is 6.09 Å². The van der Waals surface area contributed by atoms with E-state index in [1.54, 1.807) is 4.90 Å². The van der Waals surface area contributed by atoms with E-state index in [2.05, 4.69) is 15.6 Å². The molecule has 0 fully saturated rings. The van der Waals surface area contributed by atoms with E-state index in [0.717, 1.165) is 25.5 Å². The Morgan fingerprint density at radius 1 is 1.09 bits per heavy atom. The van der Waals surface area contributed by atoms with Crippen molar-refractivity contribution >= 4 is 36.0 Å². The molecule has 7 heteroatoms. The van der Waals surface area contributed by atoms with Gasteiger partial charge in [0, 0.05) is 26.2 Å². The Morgan fingerprint density at radius 3 is 2.05 bits per heavy atom. The lowest BCUT2D eigenvalue weighted by atomic mass is 10.2. The second-order valence-corrected chi connectivity index (χ2v) is 5.76. The molecule has 0 aromatic rings. The highest BCUT2D eigenvalue weighted by atomic mass is 127. The van der Waals surface area contributed by atoms with Gasteiger partial charge < -0.3 is 20.3 Å². The van der Waals surface area contributed by atoms with E-state index in [4.69, 9.17) is 4.74 Å². The van der Waals surface area contributed by atoms with Gasteiger partial charge in [0.15, 0.2) is 5.96 Å². The monoisotopic (exact) mass is 428 g/mol. The van der Waals surface area contributed by atoms with E-state index >= 15 is 0 Å². The summed E-state index contributed by atoms with van der Waals surface area (Å²) in [6.07, 6.45) is 0.629. The average molecular weight is 428 g/mol. The molecule has 0 radical (unpaired) electrons. The van der Waals surface area contributed by atoms with Crippen LogP contribution >= 0.6 is 24.0 Å². The molecule has 0 bridgehead atoms. The van der Waals surface area contributed by atoms with Gasteiger partial charge in [-0.1, -0.05) is 6.92 Å². The van der Waals surface area contributed by atoms with Crippen LogP contribution in [-0.4, -0.2) is 55.3 Å². The summed E-state index contributed by atoms with van der Waals surface area (Å²) < 4.78 is 5.41. The fourth-order valence-corrected chi connectivity index (χ4v) is 1.68. The van der Waals surface area contributed by atoms with Crippen LogP contribution in [0.3, 0.4) is 0 Å². The standard InChI is InChI=1S/C15H32N4O2.HI/c1-7-11-19(14(20)21-15(4,5)6)12-10-18-13(16-8-2)17-9-3;/h7-12H2,1-6H3,(H2,16,17,18);1H. The Morgan fingerprint density at radius 2 is 1.64 bits per heavy atom. The Kier molecular flexibility index (Phi) is 13.7. The van der Waals surface area contributed by atoms with Gasteiger partial charge in [-0.2, -0.15) is 0 Å². The topological polar surface area (TPSA) is 66.0 Å². The maximum Gasteiger partial charge on any atom is 0.410 e. The van der Waals surface area contributed by atoms with E-state index in [1.807, 2.05) is 41.5 Å². The van der Waals surface area contributed by atoms with Crippen LogP contribution in [0.25, 0.3) is 0 Å². The highest BCUT2D eigenvalue weighted by Gasteiger charge is 2.21. The second-order valence-electron chi connectivity index (χ2n) is 5.76. The predicted octanol–water partition coefficient (Wildman–Crippen LogP) is 2.83. The molecule has 0 saturated heterocycles. The first-order valence-electron chi connectivity index (χ1n) is 7.84. The normalized spacial score (nSPS) is 10.3. The third-order valence-electron chi connectivity index (χ3n) is 2.47. The van der Waals surface area contributed by atoms with Crippen molar-refractivity contribution < 1.29 is 9.53 Å². The number of carbonyl (C=O) groups is 1. The molecule has 0 saturated carbocycles. The van der Waals surface area contributed by atoms with Gasteiger partial charge in [-0.25, -0.2) is 4.79 Å². The quantitative estimate of drug-likeness (QED) is 0.372. The highest BCUT2D eigenvalue weighted by molar-refractivity contribution is 14.0. The summed E-state index contributed by atoms with van der Waals surface area (Å²) in [5, 5.41) is 6.32. The summed E-state index contributed by atoms with van der Waals surface area (Å²) in [5.74, 6) is 0.778. The van der Waals surface area contributed by atoms with Crippen LogP contribution in [0.2, 0.25) is 0 Å². The van der Waals surface area contributed by atoms with Gasteiger partial charge in [-0.15, -0.1) is 24.0 Å². The van der Waals surface area contributed by atoms with Crippen molar-refractivity contribution in [2.45, 2.75) is 53.6 Å². The number of carbonyl (C=O) groups excluding carboxylic acids is 1. The number of halogens is 1. The lowest BCUT2D eigenvalue weighted by molar-refractivity contribution is 0.0256. The van der Waals surface area contributed by atoms with E-state index in [9.17, 15) is 4.79 Å². The molecule has 0 aliphatic heterocycles. The molecule has 0 atom stereocenters. The molecule has 0 rings (SSSR count). The van der Waals surface area contributed by atoms with Crippen LogP contribution in [0.5, 0.6) is 0 Å². The van der Waals surface area contributed by atoms with Gasteiger partial charge in [0.2, 0.25) is 0 Å². The average Bonchev–Trinajstić information content (AvgIpc) is 2.36. The minimum absolute atomic E-state index is 0. The summed E-state index contributed by atoms with van der Waals surface area (Å²) in [4.78, 5) is 18.3. The Hall–Kier alpha value is -0.730. The predicted molar refractivity (Wildman–Crippen MR) is 103 cm³/mol. The Balaban J connectivity index is 0. The zero-order valence-corrected chi connectivity index (χ0v) is 17.2. The van der Waals surface area contributed by atoms with E-state index in [0.29, 0.717) is 19.6 Å². The van der Waals surface area contributed by atoms with E-state index in [1.165, 1.54) is 0 Å². The third-order valence-corrected chi connectivity index (χ3v) is 2.47. The number of hydrogen-bond acceptors (Lipinski definition) is 3. The number of guanidine groups is 1. The van der Waals surface area contributed by atoms with Gasteiger partial charge in [0.1, 0.15) is 5.60 Å². The van der Waals surface area contributed by atoms with Crippen molar-refractivity contribution in [3.05, 3.63) is 0 Å². The first-order valence-corrected chi connectivity index (χ1v) is 7.84. The molecule has 0 aromatic carbocycles. The molecule has 0 unspecified atom stereocenters. The Labute approximate surface area is 152 Å². The zero-order chi connectivity index (χ0) is 16.3. The van der Waals surface area contributed by atoms with Gasteiger partial charge in [0.25, 0.3) is 0 Å². The van der Waals surface area contributed by atoms with Crippen molar-refractivity contribution in [1.82, 2.24) is 15.5 Å². The highest BCUT2D eigenvalue weighted by Crippen LogP contribution is 2.10. The number of rotatable bonds is 7. The number of aliphatic imine (C=N–C) groups is 1. The van der Waals surface area contributed by atoms with Crippen LogP contribution in [0.15, 0.2) is 4.99 Å². The van der Waals surface area contributed by atoms with Crippen molar-refractivity contribution in [2.75, 3.05) is 32.7 Å². The fourth-order valence-electron chi connectivity index (χ4n) is 1.68. The molecular weight excluding hydrogens is 395 g/mol. The van der Waals surface area contributed by atoms with Crippen LogP contribution in [0, 0.1) is 0 Å². The number of hydrogen-bond donors (Lipinski definition) is 2. The SMILES string of the molecule is CCCN(CCN=C(NCC)NCC)C(=O)OC(C)(C)C.I. The number of nitrogens with zero attached hydrogens (tertiary/aromatic N) is 2. The minimum atomic E-state index is -0.467. The van der Waals surface area contributed by atoms with E-state index in [-0.39, 0.29) is 30.1 Å². The molecule has 0 heterocycles. The zero-order valence-electron chi connectivity index (χ0n) is 14.9. The molecule has 0 aliphatic carbocycles. The molecule has 22 heavy (non-hydrogen) atoms. The van der Waals surface area contributed by atoms with Crippen molar-refractivity contribution in [2.24, 2.45) is 4.99 Å². The lowest BCUT2D eigenvalue weighted by Gasteiger charge is -2.26. The Bertz CT molecular complexity index is 322. The maximum absolute atomic E-state index is 12.1. The first-order chi connectivity index (χ1) is 9.84. The minimum Gasteiger partial charge on any atom is -0.444 e. The molecule has 1 amide bonds. The number of amides is 1. The molecule has 6 nitrogen and oxygen atoms in total. The molecular formula is C15H33IN4O2. The summed E-state index contributed by atoms with van der Waals surface area (Å²) >= 11 is 0. The van der Waals surface area contributed by atoms with Crippen LogP contribution < -0.4 is 10.6 Å². The van der Waals surface area contributed by atoms with Gasteiger partial charge in [-0.3, -0.25) is 4.99 Å². The number of nitrogens with one attached hydrogen (secondary N) is 2. The fraction of sp³-hybridized carbons (Fsp3) is 0.867. The first kappa shape index (κ1) is 23.5. The summed E-state index contributed by atoms with van der Waals surface area (Å²) in [6, 6.07) is 0. The molecule has 132 valence electrons. The van der Waals surface area contributed by atoms with Crippen molar-refractivity contribution in [3.8, 4) is 0 Å². The van der Waals surface area contributed by atoms with Gasteiger partial charge in [0.05, 0.1) is 6.54 Å². The smallest absolute Gasteiger partial charge is 0.410 e. The van der Waals surface area contributed by atoms with Crippen LogP contribution in [-0.2, 0) is 4.74 Å². The largest absolute Gasteiger partial charge is 0.444 e. The third kappa shape index (κ3) is 11.9. The lowest BCUT2D eigenvalue weighted by Crippen LogP contribution is -2.40. The molecule has 0 spiro atoms. The molecule has 0 aromatic heterocycles. The molecule has 2 N–H and O–H groups in total. The van der Waals surface area contributed by atoms with Crippen molar-refractivity contribution in [1.29, 1.82) is 0 Å². The summed E-state index contributed by atoms with van der Waals surface area (Å²) in [7, 11) is 0. The van der Waals surface area contributed by atoms with Gasteiger partial charge in [-0.05, 0) is 41.0 Å². The number of ether oxygens (including phenoxy) is 1. The van der Waals surface area contributed by atoms with Crippen LogP contribution in [0.4, 0.5) is 4.79 Å². The van der Waals surface area contributed by atoms with E-state index < -0.39 is 5.60 Å².